The molecule has 3 nitrogen and oxygen atoms in total. The largest absolute Gasteiger partial charge is 0.375 e. The highest BCUT2D eigenvalue weighted by atomic mass is 16.5. The maximum atomic E-state index is 11.5. The third kappa shape index (κ3) is 2.56. The molecule has 0 N–H and O–H groups in total. The van der Waals surface area contributed by atoms with Gasteiger partial charge in [-0.15, -0.1) is 6.58 Å². The predicted molar refractivity (Wildman–Crippen MR) is 51.4 cm³/mol. The van der Waals surface area contributed by atoms with Gasteiger partial charge in [0.1, 0.15) is 6.61 Å². The zero-order chi connectivity index (χ0) is 9.68. The normalized spacial score (nSPS) is 22.8. The number of carbonyl (C=O) groups excluding carboxylic acids is 1. The van der Waals surface area contributed by atoms with Crippen molar-refractivity contribution in [2.75, 3.05) is 20.3 Å². The van der Waals surface area contributed by atoms with E-state index in [2.05, 4.69) is 6.58 Å². The molecule has 1 unspecified atom stereocenters. The van der Waals surface area contributed by atoms with Crippen LogP contribution in [-0.4, -0.2) is 37.1 Å². The molecule has 1 saturated heterocycles. The van der Waals surface area contributed by atoms with Gasteiger partial charge in [-0.3, -0.25) is 4.79 Å². The van der Waals surface area contributed by atoms with Gasteiger partial charge in [0.2, 0.25) is 5.91 Å². The highest BCUT2D eigenvalue weighted by Crippen LogP contribution is 2.17. The fourth-order valence-corrected chi connectivity index (χ4v) is 1.72. The van der Waals surface area contributed by atoms with E-state index in [1.807, 2.05) is 11.0 Å². The van der Waals surface area contributed by atoms with Crippen LogP contribution in [0.4, 0.5) is 0 Å². The molecule has 0 radical (unpaired) electrons. The minimum Gasteiger partial charge on any atom is -0.375 e. The Bertz CT molecular complexity index is 191. The number of likely N-dealkylation sites (tertiary alicyclic amines) is 1. The first-order valence-electron chi connectivity index (χ1n) is 4.70. The van der Waals surface area contributed by atoms with E-state index >= 15 is 0 Å². The Morgan fingerprint density at radius 1 is 1.69 bits per heavy atom. The average Bonchev–Trinajstić information content (AvgIpc) is 2.18. The molecular weight excluding hydrogens is 166 g/mol. The molecule has 1 aliphatic heterocycles. The standard InChI is InChI=1S/C10H17NO2/c1-3-9-6-4-5-7-11(9)10(12)8-13-2/h3,9H,1,4-8H2,2H3. The van der Waals surface area contributed by atoms with E-state index in [1.54, 1.807) is 7.11 Å². The zero-order valence-electron chi connectivity index (χ0n) is 8.16. The Balaban J connectivity index is 2.53. The number of rotatable bonds is 3. The number of piperidine rings is 1. The molecule has 1 heterocycles. The SMILES string of the molecule is C=CC1CCCCN1C(=O)COC. The fourth-order valence-electron chi connectivity index (χ4n) is 1.72. The lowest BCUT2D eigenvalue weighted by molar-refractivity contribution is -0.137. The van der Waals surface area contributed by atoms with E-state index in [0.29, 0.717) is 0 Å². The second kappa shape index (κ2) is 5.02. The van der Waals surface area contributed by atoms with Crippen molar-refractivity contribution in [2.24, 2.45) is 0 Å². The second-order valence-electron chi connectivity index (χ2n) is 3.32. The van der Waals surface area contributed by atoms with Gasteiger partial charge in [0, 0.05) is 19.7 Å². The second-order valence-corrected chi connectivity index (χ2v) is 3.32. The van der Waals surface area contributed by atoms with Crippen LogP contribution in [0.25, 0.3) is 0 Å². The van der Waals surface area contributed by atoms with Gasteiger partial charge in [-0.1, -0.05) is 6.08 Å². The molecule has 1 aliphatic rings. The average molecular weight is 183 g/mol. The first-order valence-corrected chi connectivity index (χ1v) is 4.70. The summed E-state index contributed by atoms with van der Waals surface area (Å²) < 4.78 is 4.82. The highest BCUT2D eigenvalue weighted by molar-refractivity contribution is 5.78. The summed E-state index contributed by atoms with van der Waals surface area (Å²) in [5.74, 6) is 0.0760. The summed E-state index contributed by atoms with van der Waals surface area (Å²) in [5.41, 5.74) is 0. The summed E-state index contributed by atoms with van der Waals surface area (Å²) in [6, 6.07) is 0.219. The molecule has 1 rings (SSSR count). The van der Waals surface area contributed by atoms with Crippen molar-refractivity contribution < 1.29 is 9.53 Å². The van der Waals surface area contributed by atoms with Gasteiger partial charge >= 0.3 is 0 Å². The van der Waals surface area contributed by atoms with Crippen molar-refractivity contribution in [2.45, 2.75) is 25.3 Å². The monoisotopic (exact) mass is 183 g/mol. The highest BCUT2D eigenvalue weighted by Gasteiger charge is 2.23. The van der Waals surface area contributed by atoms with Gasteiger partial charge in [-0.05, 0) is 19.3 Å². The Labute approximate surface area is 79.4 Å². The van der Waals surface area contributed by atoms with Gasteiger partial charge in [-0.2, -0.15) is 0 Å². The lowest BCUT2D eigenvalue weighted by Crippen LogP contribution is -2.44. The van der Waals surface area contributed by atoms with Crippen molar-refractivity contribution >= 4 is 5.91 Å². The smallest absolute Gasteiger partial charge is 0.249 e. The van der Waals surface area contributed by atoms with Gasteiger partial charge < -0.3 is 9.64 Å². The minimum atomic E-state index is 0.0760. The molecule has 0 aromatic rings. The molecule has 1 atom stereocenters. The lowest BCUT2D eigenvalue weighted by Gasteiger charge is -2.33. The first kappa shape index (κ1) is 10.3. The lowest BCUT2D eigenvalue weighted by atomic mass is 10.0. The Kier molecular flexibility index (Phi) is 3.96. The van der Waals surface area contributed by atoms with E-state index in [9.17, 15) is 4.79 Å². The molecule has 1 amide bonds. The van der Waals surface area contributed by atoms with Crippen LogP contribution in [0.2, 0.25) is 0 Å². The third-order valence-corrected chi connectivity index (χ3v) is 2.41. The Morgan fingerprint density at radius 2 is 2.46 bits per heavy atom. The summed E-state index contributed by atoms with van der Waals surface area (Å²) in [5, 5.41) is 0. The number of methoxy groups -OCH3 is 1. The van der Waals surface area contributed by atoms with Crippen molar-refractivity contribution in [3.63, 3.8) is 0 Å². The molecule has 1 fully saturated rings. The number of nitrogens with zero attached hydrogens (tertiary/aromatic N) is 1. The molecule has 0 bridgehead atoms. The minimum absolute atomic E-state index is 0.0760. The fraction of sp³-hybridized carbons (Fsp3) is 0.700. The molecular formula is C10H17NO2. The van der Waals surface area contributed by atoms with E-state index in [4.69, 9.17) is 4.74 Å². The number of hydrogen-bond donors (Lipinski definition) is 0. The first-order chi connectivity index (χ1) is 6.29. The predicted octanol–water partition coefficient (Wildman–Crippen LogP) is 1.20. The Morgan fingerprint density at radius 3 is 3.08 bits per heavy atom. The van der Waals surface area contributed by atoms with Crippen LogP contribution < -0.4 is 0 Å². The van der Waals surface area contributed by atoms with Crippen LogP contribution >= 0.6 is 0 Å². The van der Waals surface area contributed by atoms with Crippen molar-refractivity contribution in [1.82, 2.24) is 4.90 Å². The van der Waals surface area contributed by atoms with Crippen LogP contribution in [0.1, 0.15) is 19.3 Å². The van der Waals surface area contributed by atoms with Crippen molar-refractivity contribution in [3.8, 4) is 0 Å². The van der Waals surface area contributed by atoms with Crippen LogP contribution in [-0.2, 0) is 9.53 Å². The molecule has 0 saturated carbocycles. The van der Waals surface area contributed by atoms with Crippen LogP contribution in [0, 0.1) is 0 Å². The topological polar surface area (TPSA) is 29.5 Å². The van der Waals surface area contributed by atoms with E-state index in [-0.39, 0.29) is 18.6 Å². The molecule has 0 aromatic heterocycles. The molecule has 13 heavy (non-hydrogen) atoms. The van der Waals surface area contributed by atoms with Crippen LogP contribution in [0.3, 0.4) is 0 Å². The van der Waals surface area contributed by atoms with E-state index < -0.39 is 0 Å². The van der Waals surface area contributed by atoms with Gasteiger partial charge in [0.15, 0.2) is 0 Å². The molecule has 0 aliphatic carbocycles. The van der Waals surface area contributed by atoms with Gasteiger partial charge in [-0.25, -0.2) is 0 Å². The summed E-state index contributed by atoms with van der Waals surface area (Å²) >= 11 is 0. The summed E-state index contributed by atoms with van der Waals surface area (Å²) in [4.78, 5) is 13.4. The maximum Gasteiger partial charge on any atom is 0.249 e. The molecule has 0 aromatic carbocycles. The summed E-state index contributed by atoms with van der Waals surface area (Å²) in [6.07, 6.45) is 5.18. The quantitative estimate of drug-likeness (QED) is 0.615. The van der Waals surface area contributed by atoms with Gasteiger partial charge in [0.25, 0.3) is 0 Å². The van der Waals surface area contributed by atoms with Crippen molar-refractivity contribution in [3.05, 3.63) is 12.7 Å². The van der Waals surface area contributed by atoms with E-state index in [1.165, 1.54) is 6.42 Å². The number of ether oxygens (including phenoxy) is 1. The van der Waals surface area contributed by atoms with Gasteiger partial charge in [0.05, 0.1) is 0 Å². The molecule has 74 valence electrons. The maximum absolute atomic E-state index is 11.5. The molecule has 0 spiro atoms. The summed E-state index contributed by atoms with van der Waals surface area (Å²) in [7, 11) is 1.55. The molecule has 3 heteroatoms. The van der Waals surface area contributed by atoms with Crippen LogP contribution in [0.5, 0.6) is 0 Å². The Hall–Kier alpha value is -0.830. The summed E-state index contributed by atoms with van der Waals surface area (Å²) in [6.45, 7) is 4.77. The number of carbonyl (C=O) groups is 1. The number of hydrogen-bond acceptors (Lipinski definition) is 2. The van der Waals surface area contributed by atoms with Crippen LogP contribution in [0.15, 0.2) is 12.7 Å². The van der Waals surface area contributed by atoms with E-state index in [0.717, 1.165) is 19.4 Å². The third-order valence-electron chi connectivity index (χ3n) is 2.41. The zero-order valence-corrected chi connectivity index (χ0v) is 8.16. The number of amides is 1. The van der Waals surface area contributed by atoms with Crippen molar-refractivity contribution in [1.29, 1.82) is 0 Å².